The van der Waals surface area contributed by atoms with Crippen molar-refractivity contribution in [2.75, 3.05) is 0 Å². The minimum Gasteiger partial charge on any atom is -0.481 e. The zero-order valence-corrected chi connectivity index (χ0v) is 11.0. The van der Waals surface area contributed by atoms with Crippen LogP contribution in [0.1, 0.15) is 37.8 Å². The Morgan fingerprint density at radius 3 is 2.63 bits per heavy atom. The Balaban J connectivity index is 1.77. The standard InChI is InChI=1S/C16H19NO2/c18-16(19)10-4-2-1-3-8-14-12-11-13-7-5-6-9-15(13)17-14/h5-7,9,11-12H,1-4,8,10H2,(H,18,19). The lowest BCUT2D eigenvalue weighted by atomic mass is 10.1. The second-order valence-electron chi connectivity index (χ2n) is 4.80. The lowest BCUT2D eigenvalue weighted by Crippen LogP contribution is -1.94. The zero-order valence-electron chi connectivity index (χ0n) is 11.0. The van der Waals surface area contributed by atoms with Crippen molar-refractivity contribution in [1.29, 1.82) is 0 Å². The highest BCUT2D eigenvalue weighted by molar-refractivity contribution is 5.78. The van der Waals surface area contributed by atoms with Crippen LogP contribution in [0.3, 0.4) is 0 Å². The van der Waals surface area contributed by atoms with Crippen molar-refractivity contribution in [1.82, 2.24) is 4.98 Å². The van der Waals surface area contributed by atoms with E-state index in [1.54, 1.807) is 0 Å². The highest BCUT2D eigenvalue weighted by Gasteiger charge is 1.99. The Bertz CT molecular complexity index is 551. The van der Waals surface area contributed by atoms with Gasteiger partial charge in [-0.25, -0.2) is 0 Å². The fraction of sp³-hybridized carbons (Fsp3) is 0.375. The molecule has 0 saturated carbocycles. The van der Waals surface area contributed by atoms with Crippen LogP contribution in [0.5, 0.6) is 0 Å². The van der Waals surface area contributed by atoms with E-state index in [-0.39, 0.29) is 6.42 Å². The van der Waals surface area contributed by atoms with E-state index in [1.165, 1.54) is 5.39 Å². The summed E-state index contributed by atoms with van der Waals surface area (Å²) >= 11 is 0. The first-order valence-electron chi connectivity index (χ1n) is 6.82. The van der Waals surface area contributed by atoms with Gasteiger partial charge in [-0.3, -0.25) is 9.78 Å². The topological polar surface area (TPSA) is 50.2 Å². The number of carboxylic acids is 1. The molecular weight excluding hydrogens is 238 g/mol. The van der Waals surface area contributed by atoms with Crippen LogP contribution in [0.25, 0.3) is 10.9 Å². The third-order valence-electron chi connectivity index (χ3n) is 3.23. The summed E-state index contributed by atoms with van der Waals surface area (Å²) in [7, 11) is 0. The van der Waals surface area contributed by atoms with E-state index in [4.69, 9.17) is 5.11 Å². The van der Waals surface area contributed by atoms with Crippen molar-refractivity contribution in [2.45, 2.75) is 38.5 Å². The molecule has 0 spiro atoms. The number of hydrogen-bond acceptors (Lipinski definition) is 2. The maximum Gasteiger partial charge on any atom is 0.303 e. The number of rotatable bonds is 7. The molecule has 1 aromatic carbocycles. The number of nitrogens with zero attached hydrogens (tertiary/aromatic N) is 1. The summed E-state index contributed by atoms with van der Waals surface area (Å²) < 4.78 is 0. The van der Waals surface area contributed by atoms with Crippen LogP contribution >= 0.6 is 0 Å². The van der Waals surface area contributed by atoms with Gasteiger partial charge >= 0.3 is 5.97 Å². The molecular formula is C16H19NO2. The van der Waals surface area contributed by atoms with Crippen LogP contribution in [0.4, 0.5) is 0 Å². The summed E-state index contributed by atoms with van der Waals surface area (Å²) in [5.41, 5.74) is 2.17. The van der Waals surface area contributed by atoms with E-state index >= 15 is 0 Å². The molecule has 2 aromatic rings. The van der Waals surface area contributed by atoms with Crippen LogP contribution in [0.15, 0.2) is 36.4 Å². The highest BCUT2D eigenvalue weighted by Crippen LogP contribution is 2.14. The number of aromatic nitrogens is 1. The average molecular weight is 257 g/mol. The maximum absolute atomic E-state index is 10.4. The molecule has 0 aliphatic carbocycles. The Morgan fingerprint density at radius 2 is 1.79 bits per heavy atom. The number of fused-ring (bicyclic) bond motifs is 1. The lowest BCUT2D eigenvalue weighted by molar-refractivity contribution is -0.137. The van der Waals surface area contributed by atoms with Gasteiger partial charge < -0.3 is 5.11 Å². The SMILES string of the molecule is O=C(O)CCCCCCc1ccc2ccccc2n1. The molecule has 0 unspecified atom stereocenters. The quantitative estimate of drug-likeness (QED) is 0.767. The predicted octanol–water partition coefficient (Wildman–Crippen LogP) is 3.81. The highest BCUT2D eigenvalue weighted by atomic mass is 16.4. The number of carbonyl (C=O) groups is 1. The van der Waals surface area contributed by atoms with E-state index in [0.29, 0.717) is 0 Å². The van der Waals surface area contributed by atoms with E-state index < -0.39 is 5.97 Å². The third kappa shape index (κ3) is 4.36. The summed E-state index contributed by atoms with van der Waals surface area (Å²) in [5, 5.41) is 9.71. The molecule has 0 saturated heterocycles. The number of benzene rings is 1. The van der Waals surface area contributed by atoms with Crippen molar-refractivity contribution in [2.24, 2.45) is 0 Å². The first kappa shape index (κ1) is 13.5. The molecule has 0 bridgehead atoms. The van der Waals surface area contributed by atoms with Crippen molar-refractivity contribution >= 4 is 16.9 Å². The number of hydrogen-bond donors (Lipinski definition) is 1. The van der Waals surface area contributed by atoms with Gasteiger partial charge in [-0.1, -0.05) is 37.1 Å². The van der Waals surface area contributed by atoms with Crippen LogP contribution < -0.4 is 0 Å². The molecule has 3 nitrogen and oxygen atoms in total. The number of para-hydroxylation sites is 1. The second kappa shape index (κ2) is 6.88. The first-order chi connectivity index (χ1) is 9.25. The molecule has 1 heterocycles. The van der Waals surface area contributed by atoms with Gasteiger partial charge in [-0.2, -0.15) is 0 Å². The normalized spacial score (nSPS) is 10.7. The van der Waals surface area contributed by atoms with Gasteiger partial charge in [0.05, 0.1) is 5.52 Å². The Labute approximate surface area is 113 Å². The molecule has 19 heavy (non-hydrogen) atoms. The third-order valence-corrected chi connectivity index (χ3v) is 3.23. The molecule has 1 N–H and O–H groups in total. The maximum atomic E-state index is 10.4. The molecule has 3 heteroatoms. The molecule has 0 fully saturated rings. The van der Waals surface area contributed by atoms with Crippen LogP contribution in [-0.4, -0.2) is 16.1 Å². The Hall–Kier alpha value is -1.90. The Kier molecular flexibility index (Phi) is 4.90. The monoisotopic (exact) mass is 257 g/mol. The van der Waals surface area contributed by atoms with Crippen LogP contribution in [0.2, 0.25) is 0 Å². The van der Waals surface area contributed by atoms with Crippen molar-refractivity contribution in [3.05, 3.63) is 42.1 Å². The van der Waals surface area contributed by atoms with Crippen molar-refractivity contribution in [3.63, 3.8) is 0 Å². The van der Waals surface area contributed by atoms with Gasteiger partial charge in [0.2, 0.25) is 0 Å². The zero-order chi connectivity index (χ0) is 13.5. The fourth-order valence-electron chi connectivity index (χ4n) is 2.18. The van der Waals surface area contributed by atoms with Crippen LogP contribution in [0, 0.1) is 0 Å². The molecule has 0 radical (unpaired) electrons. The fourth-order valence-corrected chi connectivity index (χ4v) is 2.18. The molecule has 1 aromatic heterocycles. The summed E-state index contributed by atoms with van der Waals surface area (Å²) in [4.78, 5) is 15.0. The minimum atomic E-state index is -0.698. The molecule has 0 aliphatic heterocycles. The van der Waals surface area contributed by atoms with Crippen molar-refractivity contribution < 1.29 is 9.90 Å². The smallest absolute Gasteiger partial charge is 0.303 e. The summed E-state index contributed by atoms with van der Waals surface area (Å²) in [5.74, 6) is -0.698. The minimum absolute atomic E-state index is 0.286. The molecule has 0 atom stereocenters. The molecule has 0 amide bonds. The Morgan fingerprint density at radius 1 is 1.00 bits per heavy atom. The number of carboxylic acid groups (broad SMARTS) is 1. The summed E-state index contributed by atoms with van der Waals surface area (Å²) in [6, 6.07) is 12.3. The molecule has 2 rings (SSSR count). The van der Waals surface area contributed by atoms with Crippen molar-refractivity contribution in [3.8, 4) is 0 Å². The van der Waals surface area contributed by atoms with Gasteiger partial charge in [0, 0.05) is 17.5 Å². The number of pyridine rings is 1. The van der Waals surface area contributed by atoms with Crippen LogP contribution in [-0.2, 0) is 11.2 Å². The van der Waals surface area contributed by atoms with E-state index in [0.717, 1.165) is 43.3 Å². The largest absolute Gasteiger partial charge is 0.481 e. The van der Waals surface area contributed by atoms with Gasteiger partial charge in [-0.15, -0.1) is 0 Å². The van der Waals surface area contributed by atoms with E-state index in [2.05, 4.69) is 23.2 Å². The number of unbranched alkanes of at least 4 members (excludes halogenated alkanes) is 3. The summed E-state index contributed by atoms with van der Waals surface area (Å²) in [6.45, 7) is 0. The number of aliphatic carboxylic acids is 1. The van der Waals surface area contributed by atoms with Gasteiger partial charge in [0.15, 0.2) is 0 Å². The average Bonchev–Trinajstić information content (AvgIpc) is 2.42. The van der Waals surface area contributed by atoms with Gasteiger partial charge in [0.25, 0.3) is 0 Å². The van der Waals surface area contributed by atoms with E-state index in [1.807, 2.05) is 18.2 Å². The predicted molar refractivity (Wildman–Crippen MR) is 76.2 cm³/mol. The van der Waals surface area contributed by atoms with Gasteiger partial charge in [0.1, 0.15) is 0 Å². The lowest BCUT2D eigenvalue weighted by Gasteiger charge is -2.03. The van der Waals surface area contributed by atoms with Gasteiger partial charge in [-0.05, 0) is 31.4 Å². The number of aryl methyl sites for hydroxylation is 1. The first-order valence-corrected chi connectivity index (χ1v) is 6.82. The molecule has 100 valence electrons. The summed E-state index contributed by atoms with van der Waals surface area (Å²) in [6.07, 6.45) is 5.17. The molecule has 0 aliphatic rings. The second-order valence-corrected chi connectivity index (χ2v) is 4.80. The van der Waals surface area contributed by atoms with E-state index in [9.17, 15) is 4.79 Å².